The molecule has 0 atom stereocenters. The Morgan fingerprint density at radius 1 is 0.829 bits per heavy atom. The zero-order chi connectivity index (χ0) is 24.1. The molecule has 7 nitrogen and oxygen atoms in total. The summed E-state index contributed by atoms with van der Waals surface area (Å²) < 4.78 is 8.64. The highest BCUT2D eigenvalue weighted by Crippen LogP contribution is 2.28. The third-order valence-electron chi connectivity index (χ3n) is 6.81. The normalized spacial score (nSPS) is 14.0. The van der Waals surface area contributed by atoms with Gasteiger partial charge in [-0.25, -0.2) is 4.79 Å². The number of rotatable bonds is 8. The minimum atomic E-state index is -0.224. The van der Waals surface area contributed by atoms with Crippen molar-refractivity contribution in [1.29, 1.82) is 0 Å². The van der Waals surface area contributed by atoms with Crippen LogP contribution in [0, 0.1) is 13.8 Å². The monoisotopic (exact) mass is 498 g/mol. The number of benzene rings is 2. The van der Waals surface area contributed by atoms with E-state index in [1.165, 1.54) is 4.57 Å². The maximum absolute atomic E-state index is 13.2. The number of halogens is 1. The number of hydrogen-bond donors (Lipinski definition) is 0. The van der Waals surface area contributed by atoms with E-state index in [4.69, 9.17) is 4.74 Å². The van der Waals surface area contributed by atoms with Gasteiger partial charge in [-0.2, -0.15) is 0 Å². The van der Waals surface area contributed by atoms with Gasteiger partial charge in [-0.05, 0) is 44.5 Å². The lowest BCUT2D eigenvalue weighted by molar-refractivity contribution is 0.248. The molecule has 0 amide bonds. The highest BCUT2D eigenvalue weighted by Gasteiger charge is 2.20. The number of ether oxygens (including phenoxy) is 1. The Bertz CT molecular complexity index is 1230. The van der Waals surface area contributed by atoms with Crippen LogP contribution in [0.5, 0.6) is 5.75 Å². The first kappa shape index (κ1) is 26.6. The Hall–Kier alpha value is -3.03. The lowest BCUT2D eigenvalue weighted by Gasteiger charge is -2.36. The molecule has 8 heteroatoms. The number of piperazine rings is 1. The van der Waals surface area contributed by atoms with Crippen molar-refractivity contribution >= 4 is 18.1 Å². The summed E-state index contributed by atoms with van der Waals surface area (Å²) in [6, 6.07) is 18.0. The van der Waals surface area contributed by atoms with Crippen LogP contribution in [0.25, 0.3) is 0 Å². The van der Waals surface area contributed by atoms with Gasteiger partial charge in [-0.1, -0.05) is 42.5 Å². The number of methoxy groups -OCH3 is 1. The van der Waals surface area contributed by atoms with Gasteiger partial charge in [0.05, 0.1) is 19.3 Å². The largest absolute Gasteiger partial charge is 0.495 e. The average molecular weight is 499 g/mol. The fraction of sp³-hybridized carbons (Fsp3) is 0.407. The molecule has 1 aromatic heterocycles. The van der Waals surface area contributed by atoms with E-state index in [1.807, 2.05) is 62.4 Å². The van der Waals surface area contributed by atoms with Crippen molar-refractivity contribution in [3.63, 3.8) is 0 Å². The van der Waals surface area contributed by atoms with Crippen molar-refractivity contribution in [2.24, 2.45) is 0 Å². The van der Waals surface area contributed by atoms with Gasteiger partial charge in [-0.3, -0.25) is 18.8 Å². The average Bonchev–Trinajstić information content (AvgIpc) is 2.88. The van der Waals surface area contributed by atoms with E-state index in [1.54, 1.807) is 11.7 Å². The molecule has 3 aromatic rings. The quantitative estimate of drug-likeness (QED) is 0.477. The molecule has 188 valence electrons. The maximum atomic E-state index is 13.2. The summed E-state index contributed by atoms with van der Waals surface area (Å²) >= 11 is 0. The summed E-state index contributed by atoms with van der Waals surface area (Å²) in [5, 5.41) is 0. The molecule has 1 aliphatic rings. The Balaban J connectivity index is 0.00000342. The van der Waals surface area contributed by atoms with E-state index in [9.17, 15) is 9.59 Å². The fourth-order valence-corrected chi connectivity index (χ4v) is 4.64. The van der Waals surface area contributed by atoms with Crippen LogP contribution in [0.4, 0.5) is 5.69 Å². The smallest absolute Gasteiger partial charge is 0.331 e. The Morgan fingerprint density at radius 2 is 1.49 bits per heavy atom. The van der Waals surface area contributed by atoms with Crippen LogP contribution < -0.4 is 20.9 Å². The van der Waals surface area contributed by atoms with E-state index in [2.05, 4.69) is 15.9 Å². The highest BCUT2D eigenvalue weighted by atomic mass is 35.5. The molecule has 0 saturated carbocycles. The molecule has 0 aliphatic carbocycles. The van der Waals surface area contributed by atoms with Crippen LogP contribution in [-0.4, -0.2) is 53.9 Å². The minimum Gasteiger partial charge on any atom is -0.495 e. The van der Waals surface area contributed by atoms with Crippen LogP contribution in [0.2, 0.25) is 0 Å². The van der Waals surface area contributed by atoms with Gasteiger partial charge >= 0.3 is 5.69 Å². The summed E-state index contributed by atoms with van der Waals surface area (Å²) in [5.41, 5.74) is 3.16. The SMILES string of the molecule is COc1ccccc1N1CCN(CCCn2c(=O)c(C)c(C)n(Cc3ccccc3)c2=O)CC1.Cl. The second-order valence-corrected chi connectivity index (χ2v) is 8.88. The summed E-state index contributed by atoms with van der Waals surface area (Å²) in [4.78, 5) is 30.8. The lowest BCUT2D eigenvalue weighted by atomic mass is 10.2. The Kier molecular flexibility index (Phi) is 9.18. The zero-order valence-electron chi connectivity index (χ0n) is 20.8. The molecule has 2 aromatic carbocycles. The van der Waals surface area contributed by atoms with Crippen LogP contribution in [-0.2, 0) is 13.1 Å². The van der Waals surface area contributed by atoms with Crippen LogP contribution in [0.3, 0.4) is 0 Å². The number of para-hydroxylation sites is 2. The number of nitrogens with zero attached hydrogens (tertiary/aromatic N) is 4. The van der Waals surface area contributed by atoms with Crippen LogP contribution >= 0.6 is 12.4 Å². The Labute approximate surface area is 213 Å². The van der Waals surface area contributed by atoms with Gasteiger partial charge in [0.25, 0.3) is 5.56 Å². The summed E-state index contributed by atoms with van der Waals surface area (Å²) in [6.45, 7) is 9.16. The van der Waals surface area contributed by atoms with Crippen molar-refractivity contribution in [3.8, 4) is 5.75 Å². The topological polar surface area (TPSA) is 59.7 Å². The second-order valence-electron chi connectivity index (χ2n) is 8.88. The Morgan fingerprint density at radius 3 is 2.17 bits per heavy atom. The first-order valence-corrected chi connectivity index (χ1v) is 11.9. The summed E-state index contributed by atoms with van der Waals surface area (Å²) in [7, 11) is 1.71. The summed E-state index contributed by atoms with van der Waals surface area (Å²) in [6.07, 6.45) is 0.762. The maximum Gasteiger partial charge on any atom is 0.331 e. The molecule has 0 bridgehead atoms. The lowest BCUT2D eigenvalue weighted by Crippen LogP contribution is -2.47. The molecule has 4 rings (SSSR count). The fourth-order valence-electron chi connectivity index (χ4n) is 4.64. The zero-order valence-corrected chi connectivity index (χ0v) is 21.6. The van der Waals surface area contributed by atoms with Gasteiger partial charge in [-0.15, -0.1) is 12.4 Å². The molecule has 35 heavy (non-hydrogen) atoms. The second kappa shape index (κ2) is 12.1. The molecule has 1 saturated heterocycles. The van der Waals surface area contributed by atoms with Crippen LogP contribution in [0.1, 0.15) is 23.2 Å². The highest BCUT2D eigenvalue weighted by molar-refractivity contribution is 5.85. The van der Waals surface area contributed by atoms with E-state index >= 15 is 0 Å². The predicted molar refractivity (Wildman–Crippen MR) is 143 cm³/mol. The first-order valence-electron chi connectivity index (χ1n) is 11.9. The van der Waals surface area contributed by atoms with Gasteiger partial charge in [0, 0.05) is 44.0 Å². The van der Waals surface area contributed by atoms with E-state index in [-0.39, 0.29) is 23.7 Å². The molecule has 1 fully saturated rings. The molecule has 0 spiro atoms. The van der Waals surface area contributed by atoms with E-state index in [0.717, 1.165) is 61.8 Å². The molecular weight excluding hydrogens is 464 g/mol. The van der Waals surface area contributed by atoms with Crippen molar-refractivity contribution < 1.29 is 4.74 Å². The third kappa shape index (κ3) is 5.97. The van der Waals surface area contributed by atoms with Gasteiger partial charge in [0.15, 0.2) is 0 Å². The number of aromatic nitrogens is 2. The molecule has 2 heterocycles. The molecule has 1 aliphatic heterocycles. The standard InChI is InChI=1S/C27H34N4O3.ClH/c1-21-22(2)31(20-23-10-5-4-6-11-23)27(33)30(26(21)32)15-9-14-28-16-18-29(19-17-28)24-12-7-8-13-25(24)34-3;/h4-8,10-13H,9,14-20H2,1-3H3;1H. The first-order chi connectivity index (χ1) is 16.5. The van der Waals surface area contributed by atoms with Gasteiger partial charge in [0.1, 0.15) is 5.75 Å². The van der Waals surface area contributed by atoms with Crippen molar-refractivity contribution in [3.05, 3.63) is 92.3 Å². The van der Waals surface area contributed by atoms with Crippen molar-refractivity contribution in [1.82, 2.24) is 14.0 Å². The molecular formula is C27H35ClN4O3. The number of hydrogen-bond acceptors (Lipinski definition) is 5. The van der Waals surface area contributed by atoms with Gasteiger partial charge in [0.2, 0.25) is 0 Å². The van der Waals surface area contributed by atoms with E-state index < -0.39 is 0 Å². The number of anilines is 1. The predicted octanol–water partition coefficient (Wildman–Crippen LogP) is 3.32. The summed E-state index contributed by atoms with van der Waals surface area (Å²) in [5.74, 6) is 0.900. The van der Waals surface area contributed by atoms with Crippen LogP contribution in [0.15, 0.2) is 64.2 Å². The van der Waals surface area contributed by atoms with Crippen molar-refractivity contribution in [2.75, 3.05) is 44.7 Å². The molecule has 0 radical (unpaired) electrons. The molecule has 0 N–H and O–H groups in total. The van der Waals surface area contributed by atoms with Crippen molar-refractivity contribution in [2.45, 2.75) is 33.4 Å². The van der Waals surface area contributed by atoms with E-state index in [0.29, 0.717) is 18.7 Å². The molecule has 0 unspecified atom stereocenters. The van der Waals surface area contributed by atoms with Gasteiger partial charge < -0.3 is 9.64 Å². The third-order valence-corrected chi connectivity index (χ3v) is 6.81. The minimum absolute atomic E-state index is 0.